The fourth-order valence-electron chi connectivity index (χ4n) is 3.41. The molecule has 178 valence electrons. The zero-order chi connectivity index (χ0) is 24.8. The lowest BCUT2D eigenvalue weighted by Crippen LogP contribution is -2.25. The van der Waals surface area contributed by atoms with Gasteiger partial charge in [-0.3, -0.25) is 4.79 Å². The molecule has 0 aliphatic heterocycles. The minimum Gasteiger partial charge on any atom is -0.493 e. The molecule has 1 aromatic heterocycles. The van der Waals surface area contributed by atoms with E-state index in [0.717, 1.165) is 10.0 Å². The minimum atomic E-state index is -0.823. The topological polar surface area (TPSA) is 92.0 Å². The highest BCUT2D eigenvalue weighted by Gasteiger charge is 2.20. The third kappa shape index (κ3) is 5.36. The molecule has 9 heteroatoms. The lowest BCUT2D eigenvalue weighted by Gasteiger charge is -2.18. The van der Waals surface area contributed by atoms with Gasteiger partial charge < -0.3 is 14.2 Å². The number of aromatic nitrogens is 2. The van der Waals surface area contributed by atoms with E-state index in [1.807, 2.05) is 19.1 Å². The Hall–Kier alpha value is -3.46. The number of esters is 1. The molecule has 1 heterocycles. The number of benzene rings is 2. The van der Waals surface area contributed by atoms with Crippen molar-refractivity contribution in [3.63, 3.8) is 0 Å². The second-order valence-corrected chi connectivity index (χ2v) is 8.31. The average molecular weight is 528 g/mol. The van der Waals surface area contributed by atoms with Gasteiger partial charge in [-0.15, -0.1) is 6.58 Å². The summed E-state index contributed by atoms with van der Waals surface area (Å²) in [6, 6.07) is 8.94. The molecule has 0 aliphatic rings. The summed E-state index contributed by atoms with van der Waals surface area (Å²) in [6.07, 6.45) is 3.45. The van der Waals surface area contributed by atoms with Crippen LogP contribution >= 0.6 is 15.9 Å². The number of halogens is 1. The number of hydrogen-bond acceptors (Lipinski definition) is 7. The van der Waals surface area contributed by atoms with Gasteiger partial charge in [0.05, 0.1) is 31.3 Å². The zero-order valence-corrected chi connectivity index (χ0v) is 21.1. The highest BCUT2D eigenvalue weighted by molar-refractivity contribution is 9.10. The number of methoxy groups -OCH3 is 2. The SMILES string of the molecule is C=CCc1cc(C=Nn2c(CC)nc3ccc(Br)cc3c2=O)cc(OC)c1O[C@@H](C)C(=O)OC. The normalized spacial score (nSPS) is 12.0. The molecule has 0 amide bonds. The van der Waals surface area contributed by atoms with Crippen LogP contribution in [0.25, 0.3) is 10.9 Å². The molecule has 0 fully saturated rings. The van der Waals surface area contributed by atoms with E-state index in [4.69, 9.17) is 14.2 Å². The molecule has 0 bridgehead atoms. The molecule has 0 radical (unpaired) electrons. The number of carbonyl (C=O) groups is 1. The zero-order valence-electron chi connectivity index (χ0n) is 19.5. The van der Waals surface area contributed by atoms with E-state index < -0.39 is 12.1 Å². The maximum Gasteiger partial charge on any atom is 0.346 e. The first-order valence-corrected chi connectivity index (χ1v) is 11.4. The fourth-order valence-corrected chi connectivity index (χ4v) is 3.77. The van der Waals surface area contributed by atoms with Crippen molar-refractivity contribution in [3.8, 4) is 11.5 Å². The van der Waals surface area contributed by atoms with Crippen LogP contribution in [0.15, 0.2) is 57.4 Å². The molecule has 1 atom stereocenters. The number of fused-ring (bicyclic) bond motifs is 1. The van der Waals surface area contributed by atoms with Gasteiger partial charge in [0.25, 0.3) is 5.56 Å². The van der Waals surface area contributed by atoms with Crippen molar-refractivity contribution in [2.45, 2.75) is 32.8 Å². The van der Waals surface area contributed by atoms with Crippen LogP contribution in [0.2, 0.25) is 0 Å². The van der Waals surface area contributed by atoms with Crippen LogP contribution in [-0.4, -0.2) is 42.2 Å². The predicted octanol–water partition coefficient (Wildman–Crippen LogP) is 4.28. The lowest BCUT2D eigenvalue weighted by atomic mass is 10.1. The van der Waals surface area contributed by atoms with Gasteiger partial charge >= 0.3 is 5.97 Å². The first-order valence-electron chi connectivity index (χ1n) is 10.6. The quantitative estimate of drug-likeness (QED) is 0.234. The van der Waals surface area contributed by atoms with Crippen molar-refractivity contribution in [3.05, 3.63) is 74.8 Å². The summed E-state index contributed by atoms with van der Waals surface area (Å²) in [6.45, 7) is 7.31. The first-order chi connectivity index (χ1) is 16.3. The Morgan fingerprint density at radius 3 is 2.71 bits per heavy atom. The Balaban J connectivity index is 2.08. The Labute approximate surface area is 206 Å². The summed E-state index contributed by atoms with van der Waals surface area (Å²) in [5.74, 6) is 0.877. The third-order valence-electron chi connectivity index (χ3n) is 5.08. The van der Waals surface area contributed by atoms with Gasteiger partial charge in [-0.25, -0.2) is 9.78 Å². The van der Waals surface area contributed by atoms with Crippen LogP contribution in [0.3, 0.4) is 0 Å². The highest BCUT2D eigenvalue weighted by Crippen LogP contribution is 2.34. The Bertz CT molecular complexity index is 1320. The maximum absolute atomic E-state index is 13.1. The van der Waals surface area contributed by atoms with E-state index in [1.165, 1.54) is 18.9 Å². The summed E-state index contributed by atoms with van der Waals surface area (Å²) < 4.78 is 18.2. The molecule has 0 aliphatic carbocycles. The van der Waals surface area contributed by atoms with Gasteiger partial charge in [0, 0.05) is 16.5 Å². The number of nitrogens with zero attached hydrogens (tertiary/aromatic N) is 3. The van der Waals surface area contributed by atoms with Crippen LogP contribution < -0.4 is 15.0 Å². The Kier molecular flexibility index (Phi) is 8.22. The van der Waals surface area contributed by atoms with Gasteiger partial charge in [0.15, 0.2) is 17.6 Å². The van der Waals surface area contributed by atoms with Gasteiger partial charge in [0.1, 0.15) is 5.82 Å². The summed E-state index contributed by atoms with van der Waals surface area (Å²) in [4.78, 5) is 29.6. The molecule has 34 heavy (non-hydrogen) atoms. The van der Waals surface area contributed by atoms with Crippen molar-refractivity contribution in [2.75, 3.05) is 14.2 Å². The molecule has 0 unspecified atom stereocenters. The van der Waals surface area contributed by atoms with Gasteiger partial charge in [0.2, 0.25) is 0 Å². The van der Waals surface area contributed by atoms with Crippen LogP contribution in [0.4, 0.5) is 0 Å². The third-order valence-corrected chi connectivity index (χ3v) is 5.57. The number of ether oxygens (including phenoxy) is 3. The molecule has 0 spiro atoms. The molecule has 3 rings (SSSR count). The van der Waals surface area contributed by atoms with E-state index in [9.17, 15) is 9.59 Å². The summed E-state index contributed by atoms with van der Waals surface area (Å²) in [5.41, 5.74) is 1.78. The smallest absolute Gasteiger partial charge is 0.346 e. The van der Waals surface area contributed by atoms with Crippen molar-refractivity contribution in [1.29, 1.82) is 0 Å². The molecule has 2 aromatic carbocycles. The van der Waals surface area contributed by atoms with Crippen molar-refractivity contribution >= 4 is 39.0 Å². The van der Waals surface area contributed by atoms with E-state index >= 15 is 0 Å². The van der Waals surface area contributed by atoms with Crippen molar-refractivity contribution < 1.29 is 19.0 Å². The minimum absolute atomic E-state index is 0.260. The van der Waals surface area contributed by atoms with E-state index in [-0.39, 0.29) is 5.56 Å². The van der Waals surface area contributed by atoms with Crippen LogP contribution in [0.1, 0.15) is 30.8 Å². The van der Waals surface area contributed by atoms with Crippen molar-refractivity contribution in [2.24, 2.45) is 5.10 Å². The Morgan fingerprint density at radius 2 is 2.06 bits per heavy atom. The maximum atomic E-state index is 13.1. The first kappa shape index (κ1) is 25.2. The molecule has 0 saturated heterocycles. The monoisotopic (exact) mass is 527 g/mol. The number of allylic oxidation sites excluding steroid dienone is 1. The molecule has 0 saturated carbocycles. The summed E-state index contributed by atoms with van der Waals surface area (Å²) in [5, 5.41) is 4.91. The summed E-state index contributed by atoms with van der Waals surface area (Å²) >= 11 is 3.40. The van der Waals surface area contributed by atoms with Gasteiger partial charge in [-0.1, -0.05) is 28.9 Å². The second-order valence-electron chi connectivity index (χ2n) is 7.39. The lowest BCUT2D eigenvalue weighted by molar-refractivity contribution is -0.147. The van der Waals surface area contributed by atoms with Crippen LogP contribution in [-0.2, 0) is 22.4 Å². The number of hydrogen-bond donors (Lipinski definition) is 0. The van der Waals surface area contributed by atoms with Gasteiger partial charge in [-0.05, 0) is 49.2 Å². The predicted molar refractivity (Wildman–Crippen MR) is 135 cm³/mol. The van der Waals surface area contributed by atoms with E-state index in [2.05, 4.69) is 32.6 Å². The molecule has 0 N–H and O–H groups in total. The fraction of sp³-hybridized carbons (Fsp3) is 0.280. The molecular formula is C25H26BrN3O5. The number of carbonyl (C=O) groups excluding carboxylic acids is 1. The van der Waals surface area contributed by atoms with E-state index in [0.29, 0.717) is 46.6 Å². The Morgan fingerprint density at radius 1 is 1.29 bits per heavy atom. The highest BCUT2D eigenvalue weighted by atomic mass is 79.9. The van der Waals surface area contributed by atoms with Crippen LogP contribution in [0.5, 0.6) is 11.5 Å². The molecule has 3 aromatic rings. The van der Waals surface area contributed by atoms with E-state index in [1.54, 1.807) is 37.4 Å². The van der Waals surface area contributed by atoms with Crippen molar-refractivity contribution in [1.82, 2.24) is 9.66 Å². The standard InChI is InChI=1S/C25H26BrN3O5/c1-6-8-17-11-16(12-21(32-4)23(17)34-15(3)25(31)33-5)14-27-29-22(7-2)28-20-10-9-18(26)13-19(20)24(29)30/h6,9-15H,1,7-8H2,2-5H3/t15-/m0/s1. The number of aryl methyl sites for hydroxylation is 1. The summed E-state index contributed by atoms with van der Waals surface area (Å²) in [7, 11) is 2.81. The second kappa shape index (κ2) is 11.1. The van der Waals surface area contributed by atoms with Gasteiger partial charge in [-0.2, -0.15) is 9.78 Å². The molecule has 8 nitrogen and oxygen atoms in total. The number of rotatable bonds is 9. The average Bonchev–Trinajstić information content (AvgIpc) is 2.84. The molecular weight excluding hydrogens is 502 g/mol. The largest absolute Gasteiger partial charge is 0.493 e. The van der Waals surface area contributed by atoms with Crippen LogP contribution in [0, 0.1) is 0 Å².